The third-order valence-electron chi connectivity index (χ3n) is 11.9. The van der Waals surface area contributed by atoms with Gasteiger partial charge in [-0.25, -0.2) is 0 Å². The number of hydrogen-bond donors (Lipinski definition) is 6. The molecule has 1 saturated carbocycles. The molecule has 18 nitrogen and oxygen atoms in total. The summed E-state index contributed by atoms with van der Waals surface area (Å²) < 4.78 is 11.0. The molecule has 0 radical (unpaired) electrons. The molecule has 2 rings (SSSR count). The highest BCUT2D eigenvalue weighted by Crippen LogP contribution is 2.31. The Bertz CT molecular complexity index is 1760. The number of nitrogens with two attached hydrogens (primary N) is 1. The summed E-state index contributed by atoms with van der Waals surface area (Å²) in [4.78, 5) is 122. The van der Waals surface area contributed by atoms with Gasteiger partial charge in [0.25, 0.3) is 0 Å². The monoisotopic (exact) mass is 929 g/mol. The zero-order valence-electron chi connectivity index (χ0n) is 38.4. The summed E-state index contributed by atoms with van der Waals surface area (Å²) in [6.07, 6.45) is 4.69. The maximum absolute atomic E-state index is 13.1. The molecule has 66 heavy (non-hydrogen) atoms. The Morgan fingerprint density at radius 1 is 0.636 bits per heavy atom. The van der Waals surface area contributed by atoms with E-state index in [1.807, 2.05) is 31.2 Å². The number of carboxylic acid groups (broad SMARTS) is 3. The molecule has 368 valence electrons. The van der Waals surface area contributed by atoms with Crippen LogP contribution in [0.2, 0.25) is 0 Å². The predicted octanol–water partition coefficient (Wildman–Crippen LogP) is 4.93. The van der Waals surface area contributed by atoms with E-state index in [2.05, 4.69) is 10.6 Å². The van der Waals surface area contributed by atoms with Crippen molar-refractivity contribution in [1.29, 1.82) is 0 Å². The maximum atomic E-state index is 13.1. The first-order valence-electron chi connectivity index (χ1n) is 23.3. The molecule has 1 aliphatic carbocycles. The number of unbranched alkanes of at least 4 members (excludes halogenated alkanes) is 2. The second kappa shape index (κ2) is 32.3. The normalized spacial score (nSPS) is 16.0. The summed E-state index contributed by atoms with van der Waals surface area (Å²) in [6.45, 7) is 3.00. The molecule has 3 atom stereocenters. The molecular weight excluding hydrogens is 859 g/mol. The van der Waals surface area contributed by atoms with Gasteiger partial charge in [-0.3, -0.25) is 47.9 Å². The number of hydrogen-bond acceptors (Lipinski definition) is 12. The Labute approximate surface area is 386 Å². The van der Waals surface area contributed by atoms with Crippen LogP contribution in [-0.4, -0.2) is 113 Å². The van der Waals surface area contributed by atoms with E-state index in [-0.39, 0.29) is 139 Å². The molecule has 0 unspecified atom stereocenters. The van der Waals surface area contributed by atoms with Crippen LogP contribution < -0.4 is 16.4 Å². The van der Waals surface area contributed by atoms with Crippen molar-refractivity contribution in [2.24, 2.45) is 29.4 Å². The lowest BCUT2D eigenvalue weighted by atomic mass is 9.78. The number of carboxylic acids is 3. The summed E-state index contributed by atoms with van der Waals surface area (Å²) in [7, 11) is 0. The summed E-state index contributed by atoms with van der Waals surface area (Å²) >= 11 is 0. The van der Waals surface area contributed by atoms with E-state index in [1.54, 1.807) is 0 Å². The second-order valence-corrected chi connectivity index (χ2v) is 17.3. The highest BCUT2D eigenvalue weighted by atomic mass is 16.5. The van der Waals surface area contributed by atoms with Gasteiger partial charge in [-0.1, -0.05) is 42.7 Å². The fourth-order valence-corrected chi connectivity index (χ4v) is 7.80. The van der Waals surface area contributed by atoms with E-state index in [0.717, 1.165) is 12.0 Å². The molecule has 3 amide bonds. The van der Waals surface area contributed by atoms with E-state index in [1.165, 1.54) is 0 Å². The van der Waals surface area contributed by atoms with Crippen molar-refractivity contribution < 1.29 is 72.7 Å². The number of carbonyl (C=O) groups excluding carboxylic acids is 7. The molecule has 0 aromatic heterocycles. The molecule has 0 heterocycles. The summed E-state index contributed by atoms with van der Waals surface area (Å²) in [5.74, 6) is -7.40. The fourth-order valence-electron chi connectivity index (χ4n) is 7.80. The Morgan fingerprint density at radius 2 is 1.30 bits per heavy atom. The van der Waals surface area contributed by atoms with Gasteiger partial charge in [0.05, 0.1) is 31.8 Å². The fraction of sp³-hybridized carbons (Fsp3) is 0.667. The van der Waals surface area contributed by atoms with Crippen LogP contribution in [0.25, 0.3) is 0 Å². The Morgan fingerprint density at radius 3 is 1.94 bits per heavy atom. The zero-order chi connectivity index (χ0) is 48.9. The SMILES string of the molecule is Cc1ccc(C(=O)CCCCC[C@H](CC(=O)CCOCCOCCCC(=O)[C@H](CCC(=O)O)NC(=O)CC[C@H](CC(=O)C2CCC(CNC(=O)CCCC(=O)O)CC2)C(=O)O)C(N)=O)cc1. The molecule has 0 saturated heterocycles. The molecule has 1 aliphatic rings. The number of carbonyl (C=O) groups is 10. The van der Waals surface area contributed by atoms with Gasteiger partial charge in [0.15, 0.2) is 11.6 Å². The van der Waals surface area contributed by atoms with Crippen molar-refractivity contribution in [2.75, 3.05) is 33.0 Å². The van der Waals surface area contributed by atoms with Crippen molar-refractivity contribution in [3.05, 3.63) is 35.4 Å². The van der Waals surface area contributed by atoms with Crippen LogP contribution in [0.4, 0.5) is 0 Å². The number of primary amides is 1. The van der Waals surface area contributed by atoms with Gasteiger partial charge < -0.3 is 41.2 Å². The zero-order valence-corrected chi connectivity index (χ0v) is 38.4. The van der Waals surface area contributed by atoms with E-state index < -0.39 is 53.4 Å². The minimum atomic E-state index is -1.23. The Hall–Kier alpha value is -5.36. The van der Waals surface area contributed by atoms with E-state index >= 15 is 0 Å². The highest BCUT2D eigenvalue weighted by molar-refractivity contribution is 5.96. The molecular formula is C48H71N3O15. The van der Waals surface area contributed by atoms with Gasteiger partial charge in [-0.15, -0.1) is 0 Å². The molecule has 1 aromatic carbocycles. The van der Waals surface area contributed by atoms with Crippen LogP contribution in [0.1, 0.15) is 151 Å². The van der Waals surface area contributed by atoms with E-state index in [0.29, 0.717) is 63.5 Å². The maximum Gasteiger partial charge on any atom is 0.306 e. The van der Waals surface area contributed by atoms with Crippen molar-refractivity contribution in [3.8, 4) is 0 Å². The average Bonchev–Trinajstić information content (AvgIpc) is 3.27. The standard InChI is InChI=1S/C48H71N3O15/c1-32-12-16-34(17-13-32)40(53)8-4-2-3-7-36(47(49)62)29-38(52)24-26-66-28-27-65-25-6-9-41(54)39(21-23-46(60)61)51-44(57)22-20-37(48(63)64)30-42(55)35-18-14-33(15-19-35)31-50-43(56)10-5-11-45(58)59/h12-13,16-17,33,35-37,39H,2-11,14-15,18-31H2,1H3,(H2,49,62)(H,50,56)(H,51,57)(H,58,59)(H,60,61)(H,63,64)/t33?,35?,36-,37-,39+/m1/s1. The van der Waals surface area contributed by atoms with E-state index in [9.17, 15) is 58.2 Å². The first-order valence-corrected chi connectivity index (χ1v) is 23.3. The number of ether oxygens (including phenoxy) is 2. The van der Waals surface area contributed by atoms with Crippen molar-refractivity contribution in [2.45, 2.75) is 148 Å². The van der Waals surface area contributed by atoms with Crippen molar-refractivity contribution in [3.63, 3.8) is 0 Å². The van der Waals surface area contributed by atoms with Gasteiger partial charge in [0.2, 0.25) is 17.7 Å². The van der Waals surface area contributed by atoms with Crippen LogP contribution in [0.3, 0.4) is 0 Å². The minimum Gasteiger partial charge on any atom is -0.481 e. The topological polar surface area (TPSA) is 300 Å². The Kier molecular flexibility index (Phi) is 27.8. The molecule has 7 N–H and O–H groups in total. The van der Waals surface area contributed by atoms with Crippen molar-refractivity contribution in [1.82, 2.24) is 10.6 Å². The van der Waals surface area contributed by atoms with Crippen LogP contribution >= 0.6 is 0 Å². The molecule has 0 spiro atoms. The quantitative estimate of drug-likeness (QED) is 0.0379. The molecule has 1 aromatic rings. The lowest BCUT2D eigenvalue weighted by Gasteiger charge is -2.28. The molecule has 18 heteroatoms. The van der Waals surface area contributed by atoms with E-state index in [4.69, 9.17) is 20.3 Å². The van der Waals surface area contributed by atoms with Crippen LogP contribution in [0.5, 0.6) is 0 Å². The smallest absolute Gasteiger partial charge is 0.306 e. The van der Waals surface area contributed by atoms with Crippen LogP contribution in [0, 0.1) is 30.6 Å². The third-order valence-corrected chi connectivity index (χ3v) is 11.9. The van der Waals surface area contributed by atoms with Gasteiger partial charge >= 0.3 is 17.9 Å². The number of rotatable bonds is 38. The number of benzene rings is 1. The number of nitrogens with one attached hydrogen (secondary N) is 2. The first-order chi connectivity index (χ1) is 31.4. The van der Waals surface area contributed by atoms with Crippen LogP contribution in [0.15, 0.2) is 24.3 Å². The van der Waals surface area contributed by atoms with Gasteiger partial charge in [-0.2, -0.15) is 0 Å². The average molecular weight is 930 g/mol. The third kappa shape index (κ3) is 25.4. The predicted molar refractivity (Wildman–Crippen MR) is 240 cm³/mol. The van der Waals surface area contributed by atoms with Crippen LogP contribution in [-0.2, 0) is 52.6 Å². The molecule has 0 aliphatic heterocycles. The number of amides is 3. The number of ketones is 4. The summed E-state index contributed by atoms with van der Waals surface area (Å²) in [5.41, 5.74) is 7.30. The summed E-state index contributed by atoms with van der Waals surface area (Å²) in [6, 6.07) is 6.31. The first kappa shape index (κ1) is 56.8. The number of aliphatic carboxylic acids is 3. The lowest BCUT2D eigenvalue weighted by Crippen LogP contribution is -2.41. The largest absolute Gasteiger partial charge is 0.481 e. The molecule has 1 fully saturated rings. The minimum absolute atomic E-state index is 0.0131. The summed E-state index contributed by atoms with van der Waals surface area (Å²) in [5, 5.41) is 33.1. The van der Waals surface area contributed by atoms with Gasteiger partial charge in [-0.05, 0) is 77.0 Å². The highest BCUT2D eigenvalue weighted by Gasteiger charge is 2.31. The molecule has 0 bridgehead atoms. The Balaban J connectivity index is 1.63. The van der Waals surface area contributed by atoms with Gasteiger partial charge in [0, 0.05) is 88.3 Å². The second-order valence-electron chi connectivity index (χ2n) is 17.3. The number of Topliss-reactive ketones (excluding diaryl/α,β-unsaturated/α-hetero) is 4. The number of aryl methyl sites for hydroxylation is 1. The lowest BCUT2D eigenvalue weighted by molar-refractivity contribution is -0.145. The van der Waals surface area contributed by atoms with Crippen molar-refractivity contribution >= 4 is 58.8 Å². The van der Waals surface area contributed by atoms with Gasteiger partial charge in [0.1, 0.15) is 11.6 Å².